The summed E-state index contributed by atoms with van der Waals surface area (Å²) in [5, 5.41) is 10.7. The number of ether oxygens (including phenoxy) is 1. The number of piperidine rings is 1. The highest BCUT2D eigenvalue weighted by Gasteiger charge is 2.29. The van der Waals surface area contributed by atoms with Crippen LogP contribution < -0.4 is 10.3 Å². The van der Waals surface area contributed by atoms with Crippen LogP contribution in [0.2, 0.25) is 0 Å². The van der Waals surface area contributed by atoms with E-state index >= 15 is 0 Å². The van der Waals surface area contributed by atoms with Gasteiger partial charge in [-0.25, -0.2) is 0 Å². The molecular formula is C22H30N2O3. The standard InChI is InChI=1S/C22H30N2O3/c1-4-24-16(3)15-19(25)20(22(24)26)21(23-13-7-6-8-14-23)17-9-11-18(12-10-17)27-5-2/h9-12,15,21,25H,4-8,13-14H2,1-3H3/t21-/m1/s1. The number of likely N-dealkylation sites (tertiary alicyclic amines) is 1. The fraction of sp³-hybridized carbons (Fsp3) is 0.500. The van der Waals surface area contributed by atoms with Crippen molar-refractivity contribution in [3.8, 4) is 11.5 Å². The van der Waals surface area contributed by atoms with Crippen molar-refractivity contribution in [3.63, 3.8) is 0 Å². The molecule has 0 unspecified atom stereocenters. The van der Waals surface area contributed by atoms with Gasteiger partial charge >= 0.3 is 0 Å². The topological polar surface area (TPSA) is 54.7 Å². The van der Waals surface area contributed by atoms with E-state index in [4.69, 9.17) is 4.74 Å². The summed E-state index contributed by atoms with van der Waals surface area (Å²) in [5.41, 5.74) is 2.18. The lowest BCUT2D eigenvalue weighted by Gasteiger charge is -2.35. The molecule has 1 aliphatic rings. The molecule has 3 rings (SSSR count). The normalized spacial score (nSPS) is 16.3. The molecule has 2 heterocycles. The predicted molar refractivity (Wildman–Crippen MR) is 108 cm³/mol. The molecular weight excluding hydrogens is 340 g/mol. The Labute approximate surface area is 161 Å². The minimum atomic E-state index is -0.244. The first-order valence-corrected chi connectivity index (χ1v) is 9.96. The van der Waals surface area contributed by atoms with Crippen LogP contribution in [0.25, 0.3) is 0 Å². The monoisotopic (exact) mass is 370 g/mol. The van der Waals surface area contributed by atoms with E-state index in [1.807, 2.05) is 45.0 Å². The summed E-state index contributed by atoms with van der Waals surface area (Å²) in [6.07, 6.45) is 3.44. The van der Waals surface area contributed by atoms with Gasteiger partial charge in [-0.2, -0.15) is 0 Å². The van der Waals surface area contributed by atoms with Gasteiger partial charge in [-0.05, 0) is 70.5 Å². The van der Waals surface area contributed by atoms with E-state index in [1.54, 1.807) is 10.6 Å². The van der Waals surface area contributed by atoms with Gasteiger partial charge in [0.05, 0.1) is 18.2 Å². The molecule has 146 valence electrons. The van der Waals surface area contributed by atoms with Gasteiger partial charge in [0.2, 0.25) is 0 Å². The Morgan fingerprint density at radius 2 is 1.78 bits per heavy atom. The van der Waals surface area contributed by atoms with E-state index in [1.165, 1.54) is 6.42 Å². The van der Waals surface area contributed by atoms with Crippen LogP contribution >= 0.6 is 0 Å². The average molecular weight is 370 g/mol. The lowest BCUT2D eigenvalue weighted by Crippen LogP contribution is -2.38. The number of hydrogen-bond acceptors (Lipinski definition) is 4. The van der Waals surface area contributed by atoms with Crippen LogP contribution in [0.15, 0.2) is 35.1 Å². The van der Waals surface area contributed by atoms with E-state index in [2.05, 4.69) is 4.90 Å². The Hall–Kier alpha value is -2.27. The lowest BCUT2D eigenvalue weighted by molar-refractivity contribution is 0.183. The number of hydrogen-bond donors (Lipinski definition) is 1. The molecule has 27 heavy (non-hydrogen) atoms. The zero-order valence-electron chi connectivity index (χ0n) is 16.6. The number of rotatable bonds is 6. The summed E-state index contributed by atoms with van der Waals surface area (Å²) in [6, 6.07) is 9.38. The van der Waals surface area contributed by atoms with Crippen molar-refractivity contribution in [2.75, 3.05) is 19.7 Å². The van der Waals surface area contributed by atoms with Crippen LogP contribution in [0.3, 0.4) is 0 Å². The Bertz CT molecular complexity index is 821. The second-order valence-corrected chi connectivity index (χ2v) is 7.14. The number of benzene rings is 1. The molecule has 1 saturated heterocycles. The van der Waals surface area contributed by atoms with Crippen molar-refractivity contribution in [1.29, 1.82) is 0 Å². The molecule has 0 spiro atoms. The molecule has 0 saturated carbocycles. The summed E-state index contributed by atoms with van der Waals surface area (Å²) >= 11 is 0. The average Bonchev–Trinajstić information content (AvgIpc) is 2.67. The van der Waals surface area contributed by atoms with Crippen molar-refractivity contribution >= 4 is 0 Å². The van der Waals surface area contributed by atoms with Gasteiger partial charge in [0.25, 0.3) is 5.56 Å². The quantitative estimate of drug-likeness (QED) is 0.839. The molecule has 0 radical (unpaired) electrons. The maximum Gasteiger partial charge on any atom is 0.259 e. The van der Waals surface area contributed by atoms with Gasteiger partial charge in [-0.15, -0.1) is 0 Å². The summed E-state index contributed by atoms with van der Waals surface area (Å²) in [5.74, 6) is 0.907. The Balaban J connectivity index is 2.12. The van der Waals surface area contributed by atoms with Crippen molar-refractivity contribution in [2.45, 2.75) is 52.6 Å². The molecule has 1 atom stereocenters. The molecule has 2 aromatic rings. The molecule has 5 nitrogen and oxygen atoms in total. The van der Waals surface area contributed by atoms with Gasteiger partial charge in [0.15, 0.2) is 0 Å². The molecule has 1 N–H and O–H groups in total. The minimum Gasteiger partial charge on any atom is -0.507 e. The zero-order chi connectivity index (χ0) is 19.4. The summed E-state index contributed by atoms with van der Waals surface area (Å²) in [6.45, 7) is 8.85. The Morgan fingerprint density at radius 1 is 1.11 bits per heavy atom. The molecule has 0 amide bonds. The first-order chi connectivity index (χ1) is 13.1. The second kappa shape index (κ2) is 8.61. The first kappa shape index (κ1) is 19.5. The maximum atomic E-state index is 13.2. The summed E-state index contributed by atoms with van der Waals surface area (Å²) in [7, 11) is 0. The highest BCUT2D eigenvalue weighted by molar-refractivity contribution is 5.42. The van der Waals surface area contributed by atoms with E-state index < -0.39 is 0 Å². The van der Waals surface area contributed by atoms with Crippen LogP contribution in [-0.2, 0) is 6.54 Å². The SMILES string of the molecule is CCOc1ccc([C@H](c2c(O)cc(C)n(CC)c2=O)N2CCCCC2)cc1. The summed E-state index contributed by atoms with van der Waals surface area (Å²) < 4.78 is 7.30. The highest BCUT2D eigenvalue weighted by Crippen LogP contribution is 2.35. The van der Waals surface area contributed by atoms with Gasteiger partial charge in [0, 0.05) is 12.2 Å². The Kier molecular flexibility index (Phi) is 6.22. The Morgan fingerprint density at radius 3 is 2.37 bits per heavy atom. The van der Waals surface area contributed by atoms with Gasteiger partial charge in [0.1, 0.15) is 11.5 Å². The fourth-order valence-electron chi connectivity index (χ4n) is 4.07. The first-order valence-electron chi connectivity index (χ1n) is 9.96. The van der Waals surface area contributed by atoms with Crippen LogP contribution in [-0.4, -0.2) is 34.3 Å². The van der Waals surface area contributed by atoms with E-state index in [9.17, 15) is 9.90 Å². The smallest absolute Gasteiger partial charge is 0.259 e. The fourth-order valence-corrected chi connectivity index (χ4v) is 4.07. The number of aryl methyl sites for hydroxylation is 1. The molecule has 1 aliphatic heterocycles. The predicted octanol–water partition coefficient (Wildman–Crippen LogP) is 3.86. The lowest BCUT2D eigenvalue weighted by atomic mass is 9.94. The van der Waals surface area contributed by atoms with Gasteiger partial charge in [-0.3, -0.25) is 9.69 Å². The van der Waals surface area contributed by atoms with E-state index in [-0.39, 0.29) is 17.4 Å². The summed E-state index contributed by atoms with van der Waals surface area (Å²) in [4.78, 5) is 15.5. The third kappa shape index (κ3) is 4.03. The molecule has 0 aliphatic carbocycles. The second-order valence-electron chi connectivity index (χ2n) is 7.14. The molecule has 1 aromatic carbocycles. The van der Waals surface area contributed by atoms with Crippen LogP contribution in [0.1, 0.15) is 56.0 Å². The largest absolute Gasteiger partial charge is 0.507 e. The third-order valence-corrected chi connectivity index (χ3v) is 5.38. The van der Waals surface area contributed by atoms with Crippen LogP contribution in [0, 0.1) is 6.92 Å². The molecule has 5 heteroatoms. The number of aromatic nitrogens is 1. The maximum absolute atomic E-state index is 13.2. The van der Waals surface area contributed by atoms with Crippen molar-refractivity contribution in [2.24, 2.45) is 0 Å². The van der Waals surface area contributed by atoms with Crippen molar-refractivity contribution in [3.05, 3.63) is 57.5 Å². The molecule has 1 fully saturated rings. The van der Waals surface area contributed by atoms with Crippen molar-refractivity contribution < 1.29 is 9.84 Å². The van der Waals surface area contributed by atoms with Crippen molar-refractivity contribution in [1.82, 2.24) is 9.47 Å². The van der Waals surface area contributed by atoms with E-state index in [0.717, 1.165) is 42.9 Å². The number of pyridine rings is 1. The van der Waals surface area contributed by atoms with Gasteiger partial charge < -0.3 is 14.4 Å². The molecule has 0 bridgehead atoms. The van der Waals surface area contributed by atoms with Crippen LogP contribution in [0.5, 0.6) is 11.5 Å². The zero-order valence-corrected chi connectivity index (χ0v) is 16.6. The van der Waals surface area contributed by atoms with Crippen LogP contribution in [0.4, 0.5) is 0 Å². The third-order valence-electron chi connectivity index (χ3n) is 5.38. The highest BCUT2D eigenvalue weighted by atomic mass is 16.5. The number of aromatic hydroxyl groups is 1. The minimum absolute atomic E-state index is 0.0895. The number of nitrogens with zero attached hydrogens (tertiary/aromatic N) is 2. The van der Waals surface area contributed by atoms with E-state index in [0.29, 0.717) is 18.7 Å². The van der Waals surface area contributed by atoms with Gasteiger partial charge in [-0.1, -0.05) is 18.6 Å². The molecule has 1 aromatic heterocycles.